The summed E-state index contributed by atoms with van der Waals surface area (Å²) in [6, 6.07) is 8.84. The number of nitrogen functional groups attached to an aromatic ring is 1. The van der Waals surface area contributed by atoms with Gasteiger partial charge in [0.1, 0.15) is 0 Å². The minimum absolute atomic E-state index is 0.510. The average molecular weight is 259 g/mol. The molecule has 1 heterocycles. The molecule has 0 saturated carbocycles. The van der Waals surface area contributed by atoms with E-state index in [2.05, 4.69) is 16.4 Å². The van der Waals surface area contributed by atoms with Crippen molar-refractivity contribution in [3.63, 3.8) is 0 Å². The van der Waals surface area contributed by atoms with Gasteiger partial charge < -0.3 is 11.1 Å². The second-order valence-electron chi connectivity index (χ2n) is 3.88. The van der Waals surface area contributed by atoms with Crippen molar-refractivity contribution in [1.29, 1.82) is 5.26 Å². The van der Waals surface area contributed by atoms with E-state index in [0.29, 0.717) is 27.8 Å². The van der Waals surface area contributed by atoms with Gasteiger partial charge in [-0.05, 0) is 36.8 Å². The molecule has 0 aliphatic heterocycles. The molecule has 5 heteroatoms. The summed E-state index contributed by atoms with van der Waals surface area (Å²) in [7, 11) is 0. The molecule has 1 aromatic heterocycles. The number of hydrogen-bond acceptors (Lipinski definition) is 4. The van der Waals surface area contributed by atoms with Crippen molar-refractivity contribution in [2.45, 2.75) is 6.92 Å². The van der Waals surface area contributed by atoms with Crippen molar-refractivity contribution in [2.75, 3.05) is 11.1 Å². The first kappa shape index (κ1) is 12.2. The minimum Gasteiger partial charge on any atom is -0.396 e. The molecule has 0 atom stereocenters. The Kier molecular flexibility index (Phi) is 3.35. The molecule has 0 fully saturated rings. The van der Waals surface area contributed by atoms with E-state index < -0.39 is 0 Å². The van der Waals surface area contributed by atoms with E-state index in [-0.39, 0.29) is 0 Å². The van der Waals surface area contributed by atoms with Crippen LogP contribution in [0.5, 0.6) is 0 Å². The summed E-state index contributed by atoms with van der Waals surface area (Å²) in [5.74, 6) is 0.526. The lowest BCUT2D eigenvalue weighted by Crippen LogP contribution is -2.00. The summed E-state index contributed by atoms with van der Waals surface area (Å²) < 4.78 is 0. The molecule has 90 valence electrons. The van der Waals surface area contributed by atoms with Crippen molar-refractivity contribution in [1.82, 2.24) is 4.98 Å². The number of nitrogens with zero attached hydrogens (tertiary/aromatic N) is 2. The van der Waals surface area contributed by atoms with Crippen LogP contribution in [0.4, 0.5) is 17.2 Å². The third-order valence-electron chi connectivity index (χ3n) is 2.40. The van der Waals surface area contributed by atoms with Crippen LogP contribution in [0.3, 0.4) is 0 Å². The molecule has 18 heavy (non-hydrogen) atoms. The molecule has 3 N–H and O–H groups in total. The lowest BCUT2D eigenvalue weighted by atomic mass is 10.2. The number of nitriles is 1. The predicted octanol–water partition coefficient (Wildman–Crippen LogP) is 3.24. The summed E-state index contributed by atoms with van der Waals surface area (Å²) in [4.78, 5) is 4.19. The number of benzene rings is 1. The predicted molar refractivity (Wildman–Crippen MR) is 72.8 cm³/mol. The molecule has 1 aromatic carbocycles. The number of hydrogen-bond donors (Lipinski definition) is 2. The van der Waals surface area contributed by atoms with E-state index in [9.17, 15) is 0 Å². The molecule has 0 bridgehead atoms. The van der Waals surface area contributed by atoms with Gasteiger partial charge in [-0.25, -0.2) is 4.98 Å². The van der Waals surface area contributed by atoms with E-state index in [1.54, 1.807) is 24.4 Å². The fourth-order valence-corrected chi connectivity index (χ4v) is 1.68. The highest BCUT2D eigenvalue weighted by Gasteiger charge is 2.06. The standard InChI is InChI=1S/C13H11ClN4/c1-8-4-11(16)13(17-7-8)18-12-5-9(6-15)2-3-10(12)14/h2-5,7H,16H2,1H3,(H,17,18). The van der Waals surface area contributed by atoms with Crippen LogP contribution in [0.25, 0.3) is 0 Å². The van der Waals surface area contributed by atoms with Gasteiger partial charge in [0.15, 0.2) is 5.82 Å². The Balaban J connectivity index is 2.37. The van der Waals surface area contributed by atoms with Gasteiger partial charge in [-0.15, -0.1) is 0 Å². The summed E-state index contributed by atoms with van der Waals surface area (Å²) in [5.41, 5.74) is 8.50. The van der Waals surface area contributed by atoms with Gasteiger partial charge in [-0.2, -0.15) is 5.26 Å². The fraction of sp³-hybridized carbons (Fsp3) is 0.0769. The smallest absolute Gasteiger partial charge is 0.153 e. The van der Waals surface area contributed by atoms with Crippen LogP contribution >= 0.6 is 11.6 Å². The number of pyridine rings is 1. The topological polar surface area (TPSA) is 74.7 Å². The second-order valence-corrected chi connectivity index (χ2v) is 4.29. The van der Waals surface area contributed by atoms with Crippen LogP contribution in [0.1, 0.15) is 11.1 Å². The first-order valence-electron chi connectivity index (χ1n) is 5.29. The Hall–Kier alpha value is -2.25. The highest BCUT2D eigenvalue weighted by atomic mass is 35.5. The maximum atomic E-state index is 8.85. The van der Waals surface area contributed by atoms with Gasteiger partial charge in [0.05, 0.1) is 28.0 Å². The highest BCUT2D eigenvalue weighted by Crippen LogP contribution is 2.28. The van der Waals surface area contributed by atoms with E-state index in [1.165, 1.54) is 0 Å². The Bertz CT molecular complexity index is 631. The largest absolute Gasteiger partial charge is 0.396 e. The zero-order chi connectivity index (χ0) is 13.1. The van der Waals surface area contributed by atoms with E-state index in [0.717, 1.165) is 5.56 Å². The number of aryl methyl sites for hydroxylation is 1. The van der Waals surface area contributed by atoms with Crippen LogP contribution in [0, 0.1) is 18.3 Å². The van der Waals surface area contributed by atoms with E-state index >= 15 is 0 Å². The Morgan fingerprint density at radius 1 is 1.39 bits per heavy atom. The van der Waals surface area contributed by atoms with E-state index in [4.69, 9.17) is 22.6 Å². The first-order valence-corrected chi connectivity index (χ1v) is 5.67. The quantitative estimate of drug-likeness (QED) is 0.867. The Morgan fingerprint density at radius 3 is 2.83 bits per heavy atom. The third-order valence-corrected chi connectivity index (χ3v) is 2.73. The molecule has 4 nitrogen and oxygen atoms in total. The monoisotopic (exact) mass is 258 g/mol. The summed E-state index contributed by atoms with van der Waals surface area (Å²) in [6.07, 6.45) is 1.71. The average Bonchev–Trinajstić information content (AvgIpc) is 2.35. The fourth-order valence-electron chi connectivity index (χ4n) is 1.51. The lowest BCUT2D eigenvalue weighted by Gasteiger charge is -2.10. The highest BCUT2D eigenvalue weighted by molar-refractivity contribution is 6.33. The van der Waals surface area contributed by atoms with Gasteiger partial charge in [0, 0.05) is 6.20 Å². The molecule has 2 aromatic rings. The zero-order valence-electron chi connectivity index (χ0n) is 9.74. The van der Waals surface area contributed by atoms with Crippen molar-refractivity contribution in [3.05, 3.63) is 46.6 Å². The van der Waals surface area contributed by atoms with Crippen molar-refractivity contribution < 1.29 is 0 Å². The van der Waals surface area contributed by atoms with Gasteiger partial charge in [0.2, 0.25) is 0 Å². The molecule has 0 spiro atoms. The molecule has 0 aliphatic rings. The SMILES string of the molecule is Cc1cnc(Nc2cc(C#N)ccc2Cl)c(N)c1. The first-order chi connectivity index (χ1) is 8.60. The lowest BCUT2D eigenvalue weighted by molar-refractivity contribution is 1.26. The normalized spacial score (nSPS) is 9.83. The Morgan fingerprint density at radius 2 is 2.17 bits per heavy atom. The molecule has 0 amide bonds. The number of aromatic nitrogens is 1. The van der Waals surface area contributed by atoms with Crippen molar-refractivity contribution in [2.24, 2.45) is 0 Å². The van der Waals surface area contributed by atoms with Crippen LogP contribution < -0.4 is 11.1 Å². The van der Waals surface area contributed by atoms with Gasteiger partial charge in [0.25, 0.3) is 0 Å². The molecular weight excluding hydrogens is 248 g/mol. The second kappa shape index (κ2) is 4.94. The molecular formula is C13H11ClN4. The van der Waals surface area contributed by atoms with E-state index in [1.807, 2.05) is 13.0 Å². The van der Waals surface area contributed by atoms with Crippen LogP contribution in [-0.2, 0) is 0 Å². The van der Waals surface area contributed by atoms with Gasteiger partial charge >= 0.3 is 0 Å². The van der Waals surface area contributed by atoms with Gasteiger partial charge in [-0.3, -0.25) is 0 Å². The maximum Gasteiger partial charge on any atom is 0.153 e. The van der Waals surface area contributed by atoms with Crippen LogP contribution in [0.15, 0.2) is 30.5 Å². The summed E-state index contributed by atoms with van der Waals surface area (Å²) in [6.45, 7) is 1.91. The molecule has 0 aliphatic carbocycles. The van der Waals surface area contributed by atoms with Gasteiger partial charge in [-0.1, -0.05) is 11.6 Å². The minimum atomic E-state index is 0.510. The number of nitrogens with one attached hydrogen (secondary N) is 1. The van der Waals surface area contributed by atoms with Crippen molar-refractivity contribution in [3.8, 4) is 6.07 Å². The molecule has 0 unspecified atom stereocenters. The number of anilines is 3. The van der Waals surface area contributed by atoms with Crippen molar-refractivity contribution >= 4 is 28.8 Å². The number of halogens is 1. The zero-order valence-corrected chi connectivity index (χ0v) is 10.5. The maximum absolute atomic E-state index is 8.85. The Labute approximate surface area is 110 Å². The number of nitrogens with two attached hydrogens (primary N) is 1. The third kappa shape index (κ3) is 2.53. The van der Waals surface area contributed by atoms with Crippen LogP contribution in [0.2, 0.25) is 5.02 Å². The molecule has 2 rings (SSSR count). The van der Waals surface area contributed by atoms with Crippen LogP contribution in [-0.4, -0.2) is 4.98 Å². The molecule has 0 radical (unpaired) electrons. The molecule has 0 saturated heterocycles. The summed E-state index contributed by atoms with van der Waals surface area (Å²) >= 11 is 6.05. The number of rotatable bonds is 2. The summed E-state index contributed by atoms with van der Waals surface area (Å²) in [5, 5.41) is 12.4.